The summed E-state index contributed by atoms with van der Waals surface area (Å²) in [5.41, 5.74) is 2.28. The zero-order valence-electron chi connectivity index (χ0n) is 11.1. The second-order valence-electron chi connectivity index (χ2n) is 4.38. The van der Waals surface area contributed by atoms with Crippen LogP contribution >= 0.6 is 0 Å². The molecule has 0 aliphatic carbocycles. The van der Waals surface area contributed by atoms with Crippen molar-refractivity contribution in [3.8, 4) is 11.1 Å². The van der Waals surface area contributed by atoms with Crippen LogP contribution in [0.25, 0.3) is 11.1 Å². The summed E-state index contributed by atoms with van der Waals surface area (Å²) in [7, 11) is 1.28. The summed E-state index contributed by atoms with van der Waals surface area (Å²) in [6.07, 6.45) is 0.723. The van der Waals surface area contributed by atoms with Crippen molar-refractivity contribution in [2.75, 3.05) is 7.11 Å². The Kier molecular flexibility index (Phi) is 3.94. The van der Waals surface area contributed by atoms with E-state index < -0.39 is 11.8 Å². The molecule has 0 aliphatic heterocycles. The lowest BCUT2D eigenvalue weighted by atomic mass is 9.96. The van der Waals surface area contributed by atoms with Crippen molar-refractivity contribution in [3.63, 3.8) is 0 Å². The van der Waals surface area contributed by atoms with Gasteiger partial charge in [0.15, 0.2) is 0 Å². The van der Waals surface area contributed by atoms with Gasteiger partial charge in [0, 0.05) is 5.56 Å². The van der Waals surface area contributed by atoms with Crippen LogP contribution in [0.15, 0.2) is 36.4 Å². The third-order valence-electron chi connectivity index (χ3n) is 3.06. The number of hydrogen-bond donors (Lipinski definition) is 0. The molecule has 0 amide bonds. The highest BCUT2D eigenvalue weighted by Gasteiger charge is 2.16. The molecule has 2 aromatic carbocycles. The molecule has 0 aromatic heterocycles. The second kappa shape index (κ2) is 5.65. The van der Waals surface area contributed by atoms with Crippen molar-refractivity contribution in [2.45, 2.75) is 6.92 Å². The number of carbonyl (C=O) groups excluding carboxylic acids is 2. The molecule has 0 saturated carbocycles. The summed E-state index contributed by atoms with van der Waals surface area (Å²) in [6, 6.07) is 9.32. The molecule has 0 fully saturated rings. The Morgan fingerprint density at radius 1 is 1.20 bits per heavy atom. The number of methoxy groups -OCH3 is 1. The summed E-state index contributed by atoms with van der Waals surface area (Å²) >= 11 is 0. The predicted molar refractivity (Wildman–Crippen MR) is 73.3 cm³/mol. The van der Waals surface area contributed by atoms with Crippen LogP contribution in [0, 0.1) is 12.7 Å². The van der Waals surface area contributed by atoms with Crippen LogP contribution in [0.2, 0.25) is 0 Å². The molecular weight excluding hydrogens is 259 g/mol. The Hall–Kier alpha value is -2.49. The monoisotopic (exact) mass is 272 g/mol. The average Bonchev–Trinajstić information content (AvgIpc) is 2.49. The summed E-state index contributed by atoms with van der Waals surface area (Å²) in [5.74, 6) is -0.922. The number of carbonyl (C=O) groups is 2. The summed E-state index contributed by atoms with van der Waals surface area (Å²) in [4.78, 5) is 22.4. The van der Waals surface area contributed by atoms with E-state index in [4.69, 9.17) is 4.74 Å². The SMILES string of the molecule is COC(=O)c1cc(C)c(F)cc1-c1ccc(C=O)cc1. The molecule has 2 aromatic rings. The minimum atomic E-state index is -0.525. The van der Waals surface area contributed by atoms with Crippen molar-refractivity contribution in [1.29, 1.82) is 0 Å². The minimum absolute atomic E-state index is 0.297. The van der Waals surface area contributed by atoms with Gasteiger partial charge < -0.3 is 4.74 Å². The maximum absolute atomic E-state index is 13.7. The van der Waals surface area contributed by atoms with Gasteiger partial charge in [-0.2, -0.15) is 0 Å². The van der Waals surface area contributed by atoms with Gasteiger partial charge in [0.1, 0.15) is 12.1 Å². The van der Waals surface area contributed by atoms with E-state index in [1.807, 2.05) is 0 Å². The summed E-state index contributed by atoms with van der Waals surface area (Å²) in [5, 5.41) is 0. The van der Waals surface area contributed by atoms with E-state index in [-0.39, 0.29) is 0 Å². The third kappa shape index (κ3) is 2.59. The topological polar surface area (TPSA) is 43.4 Å². The zero-order chi connectivity index (χ0) is 14.7. The Bertz CT molecular complexity index is 660. The van der Waals surface area contributed by atoms with Gasteiger partial charge in [-0.05, 0) is 35.7 Å². The molecule has 102 valence electrons. The van der Waals surface area contributed by atoms with Crippen LogP contribution in [-0.4, -0.2) is 19.4 Å². The van der Waals surface area contributed by atoms with Crippen LogP contribution in [0.3, 0.4) is 0 Å². The van der Waals surface area contributed by atoms with Crippen LogP contribution in [-0.2, 0) is 4.74 Å². The molecule has 0 spiro atoms. The molecule has 2 rings (SSSR count). The lowest BCUT2D eigenvalue weighted by Gasteiger charge is -2.10. The van der Waals surface area contributed by atoms with Crippen LogP contribution < -0.4 is 0 Å². The Labute approximate surface area is 116 Å². The Balaban J connectivity index is 2.61. The highest BCUT2D eigenvalue weighted by molar-refractivity contribution is 5.97. The Morgan fingerprint density at radius 2 is 1.85 bits per heavy atom. The molecule has 0 atom stereocenters. The molecule has 4 heteroatoms. The first-order valence-corrected chi connectivity index (χ1v) is 6.01. The summed E-state index contributed by atoms with van der Waals surface area (Å²) < 4.78 is 18.5. The average molecular weight is 272 g/mol. The number of halogens is 1. The smallest absolute Gasteiger partial charge is 0.338 e. The number of rotatable bonds is 3. The van der Waals surface area contributed by atoms with Crippen molar-refractivity contribution < 1.29 is 18.7 Å². The highest BCUT2D eigenvalue weighted by Crippen LogP contribution is 2.27. The van der Waals surface area contributed by atoms with Crippen molar-refractivity contribution in [3.05, 3.63) is 58.9 Å². The van der Waals surface area contributed by atoms with Gasteiger partial charge >= 0.3 is 5.97 Å². The highest BCUT2D eigenvalue weighted by atomic mass is 19.1. The van der Waals surface area contributed by atoms with Gasteiger partial charge in [-0.25, -0.2) is 9.18 Å². The van der Waals surface area contributed by atoms with Gasteiger partial charge in [0.2, 0.25) is 0 Å². The van der Waals surface area contributed by atoms with Gasteiger partial charge in [0.05, 0.1) is 12.7 Å². The molecule has 0 unspecified atom stereocenters. The van der Waals surface area contributed by atoms with Crippen molar-refractivity contribution in [1.82, 2.24) is 0 Å². The normalized spacial score (nSPS) is 10.2. The molecule has 0 heterocycles. The van der Waals surface area contributed by atoms with Crippen molar-refractivity contribution >= 4 is 12.3 Å². The first-order valence-electron chi connectivity index (χ1n) is 6.01. The maximum atomic E-state index is 13.7. The molecule has 0 N–H and O–H groups in total. The van der Waals surface area contributed by atoms with Crippen LogP contribution in [0.4, 0.5) is 4.39 Å². The molecular formula is C16H13FO3. The lowest BCUT2D eigenvalue weighted by molar-refractivity contribution is 0.0601. The van der Waals surface area contributed by atoms with Gasteiger partial charge in [-0.3, -0.25) is 4.79 Å². The lowest BCUT2D eigenvalue weighted by Crippen LogP contribution is -2.05. The number of aryl methyl sites for hydroxylation is 1. The number of ether oxygens (including phenoxy) is 1. The fourth-order valence-corrected chi connectivity index (χ4v) is 1.94. The molecule has 0 radical (unpaired) electrons. The number of aldehydes is 1. The minimum Gasteiger partial charge on any atom is -0.465 e. The van der Waals surface area contributed by atoms with Crippen LogP contribution in [0.1, 0.15) is 26.3 Å². The quantitative estimate of drug-likeness (QED) is 0.635. The number of hydrogen-bond acceptors (Lipinski definition) is 3. The molecule has 0 bridgehead atoms. The summed E-state index contributed by atoms with van der Waals surface area (Å²) in [6.45, 7) is 1.58. The zero-order valence-corrected chi connectivity index (χ0v) is 11.1. The predicted octanol–water partition coefficient (Wildman–Crippen LogP) is 3.40. The number of benzene rings is 2. The van der Waals surface area contributed by atoms with E-state index in [0.717, 1.165) is 6.29 Å². The van der Waals surface area contributed by atoms with E-state index in [1.165, 1.54) is 19.2 Å². The maximum Gasteiger partial charge on any atom is 0.338 e. The largest absolute Gasteiger partial charge is 0.465 e. The molecule has 3 nitrogen and oxygen atoms in total. The van der Waals surface area contributed by atoms with E-state index in [1.54, 1.807) is 31.2 Å². The second-order valence-corrected chi connectivity index (χ2v) is 4.38. The van der Waals surface area contributed by atoms with Crippen LogP contribution in [0.5, 0.6) is 0 Å². The van der Waals surface area contributed by atoms with Crippen molar-refractivity contribution in [2.24, 2.45) is 0 Å². The molecule has 0 aliphatic rings. The van der Waals surface area contributed by atoms with Gasteiger partial charge in [0.25, 0.3) is 0 Å². The molecule has 0 saturated heterocycles. The standard InChI is InChI=1S/C16H13FO3/c1-10-7-14(16(19)20-2)13(8-15(10)17)12-5-3-11(9-18)4-6-12/h3-9H,1-2H3. The first kappa shape index (κ1) is 13.9. The van der Waals surface area contributed by atoms with E-state index in [0.29, 0.717) is 27.8 Å². The van der Waals surface area contributed by atoms with E-state index >= 15 is 0 Å². The Morgan fingerprint density at radius 3 is 2.40 bits per heavy atom. The third-order valence-corrected chi connectivity index (χ3v) is 3.06. The van der Waals surface area contributed by atoms with Gasteiger partial charge in [-0.1, -0.05) is 24.3 Å². The van der Waals surface area contributed by atoms with E-state index in [2.05, 4.69) is 0 Å². The molecule has 20 heavy (non-hydrogen) atoms. The first-order chi connectivity index (χ1) is 9.56. The van der Waals surface area contributed by atoms with E-state index in [9.17, 15) is 14.0 Å². The number of esters is 1. The van der Waals surface area contributed by atoms with Gasteiger partial charge in [-0.15, -0.1) is 0 Å². The fourth-order valence-electron chi connectivity index (χ4n) is 1.94. The fraction of sp³-hybridized carbons (Fsp3) is 0.125.